The van der Waals surface area contributed by atoms with Gasteiger partial charge in [0.1, 0.15) is 6.61 Å². The second kappa shape index (κ2) is 8.01. The Kier molecular flexibility index (Phi) is 6.04. The lowest BCUT2D eigenvalue weighted by Crippen LogP contribution is -2.35. The van der Waals surface area contributed by atoms with Crippen molar-refractivity contribution in [2.45, 2.75) is 25.8 Å². The van der Waals surface area contributed by atoms with Crippen molar-refractivity contribution in [3.05, 3.63) is 35.4 Å². The molecule has 0 radical (unpaired) electrons. The molecule has 1 amide bonds. The molecule has 0 saturated heterocycles. The molecule has 0 heterocycles. The number of rotatable bonds is 9. The van der Waals surface area contributed by atoms with Crippen molar-refractivity contribution < 1.29 is 28.2 Å². The van der Waals surface area contributed by atoms with Crippen LogP contribution in [0.2, 0.25) is 0 Å². The van der Waals surface area contributed by atoms with Crippen molar-refractivity contribution in [2.24, 2.45) is 5.92 Å². The van der Waals surface area contributed by atoms with E-state index in [0.29, 0.717) is 18.1 Å². The summed E-state index contributed by atoms with van der Waals surface area (Å²) in [5, 5.41) is 8.77. The first-order valence-corrected chi connectivity index (χ1v) is 7.47. The van der Waals surface area contributed by atoms with E-state index in [-0.39, 0.29) is 32.0 Å². The third kappa shape index (κ3) is 5.94. The molecule has 1 fully saturated rings. The Balaban J connectivity index is 1.94. The van der Waals surface area contributed by atoms with E-state index in [0.717, 1.165) is 25.0 Å². The predicted molar refractivity (Wildman–Crippen MR) is 77.6 cm³/mol. The molecule has 1 N–H and O–H groups in total. The van der Waals surface area contributed by atoms with Crippen molar-refractivity contribution in [1.82, 2.24) is 4.90 Å². The summed E-state index contributed by atoms with van der Waals surface area (Å²) in [5.41, 5.74) is 0.393. The number of carboxylic acids is 1. The van der Waals surface area contributed by atoms with Gasteiger partial charge in [-0.3, -0.25) is 9.59 Å². The van der Waals surface area contributed by atoms with Crippen molar-refractivity contribution in [3.8, 4) is 0 Å². The average Bonchev–Trinajstić information content (AvgIpc) is 3.31. The maximum absolute atomic E-state index is 13.2. The Morgan fingerprint density at radius 3 is 2.61 bits per heavy atom. The second-order valence-electron chi connectivity index (χ2n) is 5.67. The Labute approximate surface area is 132 Å². The number of nitrogens with zero attached hydrogens (tertiary/aromatic N) is 1. The zero-order chi connectivity index (χ0) is 16.8. The molecule has 5 nitrogen and oxygen atoms in total. The molecule has 1 aromatic carbocycles. The van der Waals surface area contributed by atoms with E-state index < -0.39 is 17.6 Å². The van der Waals surface area contributed by atoms with Crippen molar-refractivity contribution >= 4 is 11.9 Å². The molecule has 1 aliphatic rings. The van der Waals surface area contributed by atoms with Gasteiger partial charge < -0.3 is 14.7 Å². The smallest absolute Gasteiger partial charge is 0.305 e. The topological polar surface area (TPSA) is 66.8 Å². The summed E-state index contributed by atoms with van der Waals surface area (Å²) < 4.78 is 31.5. The number of halogens is 2. The molecule has 7 heteroatoms. The number of aliphatic carboxylic acids is 1. The van der Waals surface area contributed by atoms with Gasteiger partial charge in [-0.1, -0.05) is 6.07 Å². The molecule has 2 rings (SSSR count). The summed E-state index contributed by atoms with van der Waals surface area (Å²) >= 11 is 0. The van der Waals surface area contributed by atoms with Crippen molar-refractivity contribution in [2.75, 3.05) is 19.8 Å². The molecular weight excluding hydrogens is 308 g/mol. The van der Waals surface area contributed by atoms with Gasteiger partial charge in [-0.25, -0.2) is 8.78 Å². The van der Waals surface area contributed by atoms with Crippen LogP contribution in [0.1, 0.15) is 24.8 Å². The lowest BCUT2D eigenvalue weighted by atomic mass is 10.2. The number of carboxylic acid groups (broad SMARTS) is 1. The van der Waals surface area contributed by atoms with Crippen molar-refractivity contribution in [3.63, 3.8) is 0 Å². The minimum Gasteiger partial charge on any atom is -0.481 e. The summed E-state index contributed by atoms with van der Waals surface area (Å²) in [4.78, 5) is 24.1. The summed E-state index contributed by atoms with van der Waals surface area (Å²) in [7, 11) is 0. The molecule has 0 aromatic heterocycles. The third-order valence-electron chi connectivity index (χ3n) is 3.58. The van der Waals surface area contributed by atoms with Crippen LogP contribution < -0.4 is 0 Å². The van der Waals surface area contributed by atoms with E-state index in [1.165, 1.54) is 11.0 Å². The fourth-order valence-corrected chi connectivity index (χ4v) is 2.07. The van der Waals surface area contributed by atoms with E-state index in [9.17, 15) is 18.4 Å². The standard InChI is InChI=1S/C16H19F2NO4/c17-13-4-3-12(7-14(13)18)8-19(6-5-16(21)22)15(20)10-23-9-11-1-2-11/h3-4,7,11H,1-2,5-6,8-10H2,(H,21,22). The Bertz CT molecular complexity index is 575. The van der Waals surface area contributed by atoms with Gasteiger partial charge in [-0.2, -0.15) is 0 Å². The zero-order valence-electron chi connectivity index (χ0n) is 12.6. The molecule has 0 spiro atoms. The normalized spacial score (nSPS) is 13.8. The minimum absolute atomic E-state index is 0.0100. The van der Waals surface area contributed by atoms with Crippen LogP contribution in [-0.4, -0.2) is 41.6 Å². The lowest BCUT2D eigenvalue weighted by Gasteiger charge is -2.22. The SMILES string of the molecule is O=C(O)CCN(Cc1ccc(F)c(F)c1)C(=O)COCC1CC1. The van der Waals surface area contributed by atoms with Gasteiger partial charge in [0, 0.05) is 13.1 Å². The first-order valence-electron chi connectivity index (χ1n) is 7.47. The molecule has 0 bridgehead atoms. The van der Waals surface area contributed by atoms with Gasteiger partial charge in [0.15, 0.2) is 11.6 Å². The molecule has 1 aliphatic carbocycles. The van der Waals surface area contributed by atoms with E-state index in [4.69, 9.17) is 9.84 Å². The monoisotopic (exact) mass is 327 g/mol. The number of ether oxygens (including phenoxy) is 1. The highest BCUT2D eigenvalue weighted by Gasteiger charge is 2.22. The number of hydrogen-bond acceptors (Lipinski definition) is 3. The van der Waals surface area contributed by atoms with Gasteiger partial charge in [-0.05, 0) is 36.5 Å². The molecule has 1 saturated carbocycles. The summed E-state index contributed by atoms with van der Waals surface area (Å²) in [6, 6.07) is 3.35. The fourth-order valence-electron chi connectivity index (χ4n) is 2.07. The Morgan fingerprint density at radius 2 is 2.00 bits per heavy atom. The minimum atomic E-state index is -1.04. The van der Waals surface area contributed by atoms with Crippen LogP contribution in [0.25, 0.3) is 0 Å². The molecular formula is C16H19F2NO4. The maximum Gasteiger partial charge on any atom is 0.305 e. The van der Waals surface area contributed by atoms with Crippen LogP contribution >= 0.6 is 0 Å². The van der Waals surface area contributed by atoms with Gasteiger partial charge >= 0.3 is 5.97 Å². The van der Waals surface area contributed by atoms with E-state index in [1.807, 2.05) is 0 Å². The number of amides is 1. The molecule has 126 valence electrons. The van der Waals surface area contributed by atoms with Gasteiger partial charge in [-0.15, -0.1) is 0 Å². The first-order chi connectivity index (χ1) is 11.0. The van der Waals surface area contributed by atoms with Crippen LogP contribution in [0.4, 0.5) is 8.78 Å². The highest BCUT2D eigenvalue weighted by molar-refractivity contribution is 5.78. The number of carbonyl (C=O) groups excluding carboxylic acids is 1. The molecule has 23 heavy (non-hydrogen) atoms. The quantitative estimate of drug-likeness (QED) is 0.755. The fraction of sp³-hybridized carbons (Fsp3) is 0.500. The Hall–Kier alpha value is -2.02. The highest BCUT2D eigenvalue weighted by Crippen LogP contribution is 2.28. The molecule has 0 atom stereocenters. The van der Waals surface area contributed by atoms with Gasteiger partial charge in [0.05, 0.1) is 13.0 Å². The van der Waals surface area contributed by atoms with Crippen LogP contribution in [0.3, 0.4) is 0 Å². The van der Waals surface area contributed by atoms with Crippen LogP contribution in [0.15, 0.2) is 18.2 Å². The molecule has 0 unspecified atom stereocenters. The predicted octanol–water partition coefficient (Wildman–Crippen LogP) is 2.19. The zero-order valence-corrected chi connectivity index (χ0v) is 12.6. The van der Waals surface area contributed by atoms with Gasteiger partial charge in [0.2, 0.25) is 5.91 Å². The summed E-state index contributed by atoms with van der Waals surface area (Å²) in [6.45, 7) is 0.375. The average molecular weight is 327 g/mol. The first kappa shape index (κ1) is 17.3. The van der Waals surface area contributed by atoms with E-state index >= 15 is 0 Å². The molecule has 0 aliphatic heterocycles. The van der Waals surface area contributed by atoms with Crippen LogP contribution in [0.5, 0.6) is 0 Å². The maximum atomic E-state index is 13.2. The number of hydrogen-bond donors (Lipinski definition) is 1. The number of benzene rings is 1. The number of carbonyl (C=O) groups is 2. The van der Waals surface area contributed by atoms with E-state index in [2.05, 4.69) is 0 Å². The highest BCUT2D eigenvalue weighted by atomic mass is 19.2. The molecule has 1 aromatic rings. The van der Waals surface area contributed by atoms with Crippen molar-refractivity contribution in [1.29, 1.82) is 0 Å². The second-order valence-corrected chi connectivity index (χ2v) is 5.67. The van der Waals surface area contributed by atoms with Crippen LogP contribution in [-0.2, 0) is 20.9 Å². The summed E-state index contributed by atoms with van der Waals surface area (Å²) in [5.74, 6) is -2.85. The lowest BCUT2D eigenvalue weighted by molar-refractivity contribution is -0.140. The third-order valence-corrected chi connectivity index (χ3v) is 3.58. The van der Waals surface area contributed by atoms with Gasteiger partial charge in [0.25, 0.3) is 0 Å². The largest absolute Gasteiger partial charge is 0.481 e. The van der Waals surface area contributed by atoms with Crippen LogP contribution in [0, 0.1) is 17.6 Å². The Morgan fingerprint density at radius 1 is 1.26 bits per heavy atom. The summed E-state index contributed by atoms with van der Waals surface area (Å²) in [6.07, 6.45) is 1.98. The van der Waals surface area contributed by atoms with E-state index in [1.54, 1.807) is 0 Å².